The number of carbonyl (C=O) groups is 2. The van der Waals surface area contributed by atoms with Crippen LogP contribution in [0, 0.1) is 0 Å². The van der Waals surface area contributed by atoms with Gasteiger partial charge in [0.25, 0.3) is 0 Å². The van der Waals surface area contributed by atoms with Crippen LogP contribution in [0.25, 0.3) is 21.5 Å². The molecule has 0 spiro atoms. The molecule has 0 aliphatic heterocycles. The lowest BCUT2D eigenvalue weighted by molar-refractivity contribution is -0.132. The van der Waals surface area contributed by atoms with Crippen molar-refractivity contribution in [1.82, 2.24) is 10.6 Å². The van der Waals surface area contributed by atoms with Gasteiger partial charge in [-0.3, -0.25) is 9.59 Å². The zero-order chi connectivity index (χ0) is 45.6. The first-order valence-corrected chi connectivity index (χ1v) is 21.2. The van der Waals surface area contributed by atoms with Gasteiger partial charge in [0.05, 0.1) is 40.5 Å². The summed E-state index contributed by atoms with van der Waals surface area (Å²) in [5.41, 5.74) is -1.02. The maximum absolute atomic E-state index is 14.8. The van der Waals surface area contributed by atoms with Crippen LogP contribution in [0.2, 0.25) is 0 Å². The summed E-state index contributed by atoms with van der Waals surface area (Å²) in [6.45, 7) is 0. The number of hydrogen-bond donors (Lipinski definition) is 4. The van der Waals surface area contributed by atoms with Crippen LogP contribution in [0.1, 0.15) is 51.9 Å². The predicted octanol–water partition coefficient (Wildman–Crippen LogP) is 9.30. The van der Waals surface area contributed by atoms with E-state index >= 15 is 0 Å². The molecule has 2 amide bonds. The van der Waals surface area contributed by atoms with E-state index in [-0.39, 0.29) is 0 Å². The minimum absolute atomic E-state index is 0.422. The Morgan fingerprint density at radius 2 is 0.723 bits per heavy atom. The highest BCUT2D eigenvalue weighted by atomic mass is 16.5. The normalized spacial score (nSPS) is 12.5. The van der Waals surface area contributed by atoms with Gasteiger partial charge >= 0.3 is 0 Å². The Hall–Kier alpha value is -7.66. The van der Waals surface area contributed by atoms with E-state index in [9.17, 15) is 19.8 Å². The number of benzene rings is 8. The molecule has 0 aliphatic rings. The molecular formula is C55H50N2O8. The summed E-state index contributed by atoms with van der Waals surface area (Å²) < 4.78 is 22.5. The van der Waals surface area contributed by atoms with Crippen molar-refractivity contribution in [2.75, 3.05) is 28.4 Å². The van der Waals surface area contributed by atoms with Crippen molar-refractivity contribution in [2.24, 2.45) is 0 Å². The van der Waals surface area contributed by atoms with E-state index in [1.165, 1.54) is 0 Å². The Balaban J connectivity index is 1.25. The fourth-order valence-corrected chi connectivity index (χ4v) is 8.83. The van der Waals surface area contributed by atoms with Gasteiger partial charge < -0.3 is 39.8 Å². The van der Waals surface area contributed by atoms with Gasteiger partial charge in [0.1, 0.15) is 40.6 Å². The standard InChI is InChI=1S/C55H50N2O8/c1-62-42-23-11-19-38(31-42)54(60,39-20-12-24-43(32-39)63-2)52(48-29-9-17-36-15-5-7-27-46(36)48)56-50(58)35-51(59)57-53(49-30-10-18-37-16-6-8-28-47(37)49)55(61,40-21-13-25-44(33-40)64-3)41-22-14-26-45(34-41)65-4/h5-34,52-53,60-61H,35H2,1-4H3,(H,56,58)(H,57,59)/t52-,53-/m0/s1. The van der Waals surface area contributed by atoms with Gasteiger partial charge in [-0.25, -0.2) is 0 Å². The lowest BCUT2D eigenvalue weighted by atomic mass is 9.76. The number of aliphatic hydroxyl groups is 2. The van der Waals surface area contributed by atoms with E-state index in [1.807, 2.05) is 84.9 Å². The summed E-state index contributed by atoms with van der Waals surface area (Å²) in [6, 6.07) is 52.6. The van der Waals surface area contributed by atoms with Crippen LogP contribution in [0.4, 0.5) is 0 Å². The summed E-state index contributed by atoms with van der Waals surface area (Å²) >= 11 is 0. The quantitative estimate of drug-likeness (QED) is 0.0707. The molecule has 10 heteroatoms. The monoisotopic (exact) mass is 866 g/mol. The molecule has 2 atom stereocenters. The number of fused-ring (bicyclic) bond motifs is 2. The van der Waals surface area contributed by atoms with Gasteiger partial charge in [-0.15, -0.1) is 0 Å². The molecule has 0 saturated carbocycles. The molecule has 0 aliphatic carbocycles. The summed E-state index contributed by atoms with van der Waals surface area (Å²) in [5.74, 6) is 0.589. The summed E-state index contributed by atoms with van der Waals surface area (Å²) in [7, 11) is 6.17. The minimum atomic E-state index is -1.95. The van der Waals surface area contributed by atoms with Gasteiger partial charge in [0.2, 0.25) is 11.8 Å². The van der Waals surface area contributed by atoms with E-state index in [4.69, 9.17) is 18.9 Å². The van der Waals surface area contributed by atoms with Crippen molar-refractivity contribution < 1.29 is 38.7 Å². The third kappa shape index (κ3) is 8.69. The number of amides is 2. The molecule has 0 unspecified atom stereocenters. The second kappa shape index (κ2) is 19.0. The first-order valence-electron chi connectivity index (χ1n) is 21.2. The van der Waals surface area contributed by atoms with Crippen LogP contribution in [0.3, 0.4) is 0 Å². The molecule has 0 heterocycles. The van der Waals surface area contributed by atoms with Crippen molar-refractivity contribution in [1.29, 1.82) is 0 Å². The number of carbonyl (C=O) groups excluding carboxylic acids is 2. The van der Waals surface area contributed by atoms with E-state index in [2.05, 4.69) is 10.6 Å². The second-order valence-electron chi connectivity index (χ2n) is 15.8. The highest BCUT2D eigenvalue weighted by molar-refractivity contribution is 5.98. The molecule has 8 rings (SSSR count). The fraction of sp³-hybridized carbons (Fsp3) is 0.164. The molecular weight excluding hydrogens is 817 g/mol. The molecule has 0 fully saturated rings. The zero-order valence-corrected chi connectivity index (χ0v) is 36.5. The van der Waals surface area contributed by atoms with Gasteiger partial charge in [-0.1, -0.05) is 133 Å². The van der Waals surface area contributed by atoms with Crippen LogP contribution in [-0.2, 0) is 20.8 Å². The largest absolute Gasteiger partial charge is 0.497 e. The van der Waals surface area contributed by atoms with Gasteiger partial charge in [-0.2, -0.15) is 0 Å². The molecule has 8 aromatic carbocycles. The molecule has 0 saturated heterocycles. The van der Waals surface area contributed by atoms with Crippen molar-refractivity contribution in [3.8, 4) is 23.0 Å². The van der Waals surface area contributed by atoms with Crippen molar-refractivity contribution in [2.45, 2.75) is 29.7 Å². The second-order valence-corrected chi connectivity index (χ2v) is 15.8. The molecule has 65 heavy (non-hydrogen) atoms. The first-order chi connectivity index (χ1) is 31.6. The van der Waals surface area contributed by atoms with Gasteiger partial charge in [-0.05, 0) is 103 Å². The number of rotatable bonds is 16. The zero-order valence-electron chi connectivity index (χ0n) is 36.5. The summed E-state index contributed by atoms with van der Waals surface area (Å²) in [5, 5.41) is 36.6. The maximum Gasteiger partial charge on any atom is 0.230 e. The lowest BCUT2D eigenvalue weighted by Crippen LogP contribution is -2.48. The van der Waals surface area contributed by atoms with Crippen molar-refractivity contribution >= 4 is 33.4 Å². The Kier molecular flexibility index (Phi) is 12.8. The first kappa shape index (κ1) is 44.0. The third-order valence-electron chi connectivity index (χ3n) is 12.1. The van der Waals surface area contributed by atoms with Crippen LogP contribution in [0.5, 0.6) is 23.0 Å². The molecule has 0 bridgehead atoms. The Morgan fingerprint density at radius 3 is 1.05 bits per heavy atom. The fourth-order valence-electron chi connectivity index (χ4n) is 8.83. The Labute approximate surface area is 378 Å². The van der Waals surface area contributed by atoms with Crippen LogP contribution in [-0.4, -0.2) is 50.5 Å². The maximum atomic E-state index is 14.8. The Bertz CT molecular complexity index is 2680. The van der Waals surface area contributed by atoms with E-state index < -0.39 is 41.5 Å². The van der Waals surface area contributed by atoms with Gasteiger partial charge in [0.15, 0.2) is 0 Å². The highest BCUT2D eigenvalue weighted by Crippen LogP contribution is 2.47. The summed E-state index contributed by atoms with van der Waals surface area (Å²) in [6.07, 6.45) is -0.679. The highest BCUT2D eigenvalue weighted by Gasteiger charge is 2.46. The Morgan fingerprint density at radius 1 is 0.431 bits per heavy atom. The van der Waals surface area contributed by atoms with Crippen molar-refractivity contribution in [3.63, 3.8) is 0 Å². The molecule has 8 aromatic rings. The van der Waals surface area contributed by atoms with Crippen molar-refractivity contribution in [3.05, 3.63) is 215 Å². The number of nitrogens with one attached hydrogen (secondary N) is 2. The average molecular weight is 867 g/mol. The van der Waals surface area contributed by atoms with E-state index in [1.54, 1.807) is 126 Å². The van der Waals surface area contributed by atoms with Crippen LogP contribution >= 0.6 is 0 Å². The SMILES string of the molecule is COc1cccc(C(O)(c2cccc(OC)c2)[C@@H](NC(=O)CC(=O)N[C@@H](c2cccc3ccccc23)C(O)(c2cccc(OC)c2)c2cccc(OC)c2)c2cccc3ccccc23)c1. The minimum Gasteiger partial charge on any atom is -0.497 e. The number of hydrogen-bond acceptors (Lipinski definition) is 8. The van der Waals surface area contributed by atoms with Crippen LogP contribution < -0.4 is 29.6 Å². The topological polar surface area (TPSA) is 136 Å². The van der Waals surface area contributed by atoms with Gasteiger partial charge in [0, 0.05) is 0 Å². The number of methoxy groups -OCH3 is 4. The van der Waals surface area contributed by atoms with E-state index in [0.29, 0.717) is 56.4 Å². The smallest absolute Gasteiger partial charge is 0.230 e. The molecule has 0 aromatic heterocycles. The number of ether oxygens (including phenoxy) is 4. The third-order valence-corrected chi connectivity index (χ3v) is 12.1. The molecule has 4 N–H and O–H groups in total. The molecule has 10 nitrogen and oxygen atoms in total. The molecule has 0 radical (unpaired) electrons. The average Bonchev–Trinajstić information content (AvgIpc) is 3.36. The van der Waals surface area contributed by atoms with Crippen LogP contribution in [0.15, 0.2) is 182 Å². The summed E-state index contributed by atoms with van der Waals surface area (Å²) in [4.78, 5) is 29.6. The lowest BCUT2D eigenvalue weighted by Gasteiger charge is -2.39. The predicted molar refractivity (Wildman–Crippen MR) is 252 cm³/mol. The molecule has 328 valence electrons. The van der Waals surface area contributed by atoms with E-state index in [0.717, 1.165) is 21.5 Å².